The molecule has 0 fully saturated rings. The van der Waals surface area contributed by atoms with Gasteiger partial charge in [0.25, 0.3) is 0 Å². The average molecular weight is 677 g/mol. The molecule has 0 saturated heterocycles. The van der Waals surface area contributed by atoms with E-state index in [0.29, 0.717) is 29.2 Å². The second-order valence-electron chi connectivity index (χ2n) is 10.3. The first-order valence-electron chi connectivity index (χ1n) is 14.1. The van der Waals surface area contributed by atoms with E-state index in [1.165, 1.54) is 4.31 Å². The Kier molecular flexibility index (Phi) is 12.9. The Morgan fingerprint density at radius 3 is 2.33 bits per heavy atom. The van der Waals surface area contributed by atoms with E-state index >= 15 is 0 Å². The molecule has 3 aromatic rings. The number of halogens is 2. The lowest BCUT2D eigenvalue weighted by molar-refractivity contribution is -0.141. The van der Waals surface area contributed by atoms with E-state index in [9.17, 15) is 18.0 Å². The SMILES string of the molecule is CCCCNC(=O)[C@@H](Cc1ccccc1)N(Cc1cccc(Br)c1)C(=O)CCCN(c1cccc(Cl)c1C)S(C)(=O)=O. The summed E-state index contributed by atoms with van der Waals surface area (Å²) < 4.78 is 27.6. The topological polar surface area (TPSA) is 86.8 Å². The van der Waals surface area contributed by atoms with Crippen LogP contribution in [-0.4, -0.2) is 50.5 Å². The predicted octanol–water partition coefficient (Wildman–Crippen LogP) is 6.51. The molecule has 0 heterocycles. The molecule has 2 amide bonds. The van der Waals surface area contributed by atoms with Crippen molar-refractivity contribution in [2.45, 2.75) is 58.5 Å². The molecular weight excluding hydrogens is 638 g/mol. The number of hydrogen-bond acceptors (Lipinski definition) is 4. The van der Waals surface area contributed by atoms with Crippen molar-refractivity contribution in [3.63, 3.8) is 0 Å². The number of rotatable bonds is 15. The summed E-state index contributed by atoms with van der Waals surface area (Å²) in [6.45, 7) is 4.69. The average Bonchev–Trinajstić information content (AvgIpc) is 2.94. The molecule has 0 spiro atoms. The van der Waals surface area contributed by atoms with E-state index in [1.54, 1.807) is 30.0 Å². The zero-order valence-corrected chi connectivity index (χ0v) is 27.5. The monoisotopic (exact) mass is 675 g/mol. The highest BCUT2D eigenvalue weighted by Crippen LogP contribution is 2.28. The molecule has 0 radical (unpaired) electrons. The summed E-state index contributed by atoms with van der Waals surface area (Å²) in [7, 11) is -3.63. The van der Waals surface area contributed by atoms with E-state index in [-0.39, 0.29) is 37.7 Å². The summed E-state index contributed by atoms with van der Waals surface area (Å²) in [5.41, 5.74) is 2.96. The Morgan fingerprint density at radius 1 is 0.976 bits per heavy atom. The van der Waals surface area contributed by atoms with Gasteiger partial charge in [0, 0.05) is 42.0 Å². The summed E-state index contributed by atoms with van der Waals surface area (Å²) in [5.74, 6) is -0.430. The normalized spacial score (nSPS) is 12.0. The lowest BCUT2D eigenvalue weighted by Gasteiger charge is -2.32. The van der Waals surface area contributed by atoms with E-state index < -0.39 is 16.1 Å². The molecule has 10 heteroatoms. The van der Waals surface area contributed by atoms with Crippen molar-refractivity contribution in [2.24, 2.45) is 0 Å². The molecule has 7 nitrogen and oxygen atoms in total. The Labute approximate surface area is 263 Å². The van der Waals surface area contributed by atoms with Gasteiger partial charge in [-0.25, -0.2) is 8.42 Å². The molecule has 3 aromatic carbocycles. The predicted molar refractivity (Wildman–Crippen MR) is 174 cm³/mol. The van der Waals surface area contributed by atoms with Crippen LogP contribution in [0.3, 0.4) is 0 Å². The Bertz CT molecular complexity index is 1450. The number of hydrogen-bond donors (Lipinski definition) is 1. The second kappa shape index (κ2) is 16.1. The van der Waals surface area contributed by atoms with Crippen LogP contribution in [0.2, 0.25) is 5.02 Å². The zero-order chi connectivity index (χ0) is 30.7. The molecule has 0 bridgehead atoms. The van der Waals surface area contributed by atoms with Gasteiger partial charge >= 0.3 is 0 Å². The molecule has 42 heavy (non-hydrogen) atoms. The maximum Gasteiger partial charge on any atom is 0.243 e. The summed E-state index contributed by atoms with van der Waals surface area (Å²) >= 11 is 9.78. The number of anilines is 1. The van der Waals surface area contributed by atoms with Gasteiger partial charge in [-0.05, 0) is 60.7 Å². The lowest BCUT2D eigenvalue weighted by atomic mass is 10.0. The van der Waals surface area contributed by atoms with Crippen LogP contribution >= 0.6 is 27.5 Å². The smallest absolute Gasteiger partial charge is 0.243 e. The molecule has 3 rings (SSSR count). The third-order valence-electron chi connectivity index (χ3n) is 7.00. The molecule has 1 N–H and O–H groups in total. The molecule has 0 aliphatic carbocycles. The highest BCUT2D eigenvalue weighted by Gasteiger charge is 2.30. The zero-order valence-electron chi connectivity index (χ0n) is 24.4. The van der Waals surface area contributed by atoms with E-state index in [2.05, 4.69) is 28.2 Å². The fraction of sp³-hybridized carbons (Fsp3) is 0.375. The molecule has 1 atom stereocenters. The van der Waals surface area contributed by atoms with Gasteiger partial charge in [0.15, 0.2) is 0 Å². The molecule has 0 aliphatic rings. The summed E-state index contributed by atoms with van der Waals surface area (Å²) in [6.07, 6.45) is 3.61. The highest BCUT2D eigenvalue weighted by molar-refractivity contribution is 9.10. The Balaban J connectivity index is 1.89. The van der Waals surface area contributed by atoms with Crippen molar-refractivity contribution in [2.75, 3.05) is 23.7 Å². The van der Waals surface area contributed by atoms with Crippen LogP contribution in [-0.2, 0) is 32.6 Å². The number of nitrogens with zero attached hydrogens (tertiary/aromatic N) is 2. The number of unbranched alkanes of at least 4 members (excludes halogenated alkanes) is 1. The van der Waals surface area contributed by atoms with Crippen LogP contribution in [0.15, 0.2) is 77.3 Å². The van der Waals surface area contributed by atoms with Crippen molar-refractivity contribution in [3.05, 3.63) is 99.0 Å². The minimum absolute atomic E-state index is 0.0627. The third kappa shape index (κ3) is 9.85. The second-order valence-corrected chi connectivity index (χ2v) is 13.6. The van der Waals surface area contributed by atoms with Crippen LogP contribution in [0.5, 0.6) is 0 Å². The quantitative estimate of drug-likeness (QED) is 0.186. The highest BCUT2D eigenvalue weighted by atomic mass is 79.9. The lowest BCUT2D eigenvalue weighted by Crippen LogP contribution is -2.50. The van der Waals surface area contributed by atoms with Crippen LogP contribution in [0.1, 0.15) is 49.3 Å². The summed E-state index contributed by atoms with van der Waals surface area (Å²) in [4.78, 5) is 29.1. The van der Waals surface area contributed by atoms with Crippen molar-refractivity contribution in [3.8, 4) is 0 Å². The minimum atomic E-state index is -3.63. The van der Waals surface area contributed by atoms with Crippen molar-refractivity contribution >= 4 is 55.1 Å². The standard InChI is InChI=1S/C32H39BrClN3O4S/c1-4-5-19-35-32(39)30(22-25-12-7-6-8-13-25)36(23-26-14-9-15-27(33)21-26)31(38)18-11-20-37(42(3,40)41)29-17-10-16-28(34)24(29)2/h6-10,12-17,21,30H,4-5,11,18-20,22-23H2,1-3H3,(H,35,39)/t30-/m1/s1. The number of amides is 2. The van der Waals surface area contributed by atoms with Crippen molar-refractivity contribution < 1.29 is 18.0 Å². The van der Waals surface area contributed by atoms with Crippen LogP contribution < -0.4 is 9.62 Å². The molecule has 0 aliphatic heterocycles. The van der Waals surface area contributed by atoms with E-state index in [1.807, 2.05) is 54.6 Å². The molecular formula is C32H39BrClN3O4S. The van der Waals surface area contributed by atoms with Gasteiger partial charge in [-0.1, -0.05) is 89.4 Å². The van der Waals surface area contributed by atoms with Crippen LogP contribution in [0, 0.1) is 6.92 Å². The maximum atomic E-state index is 13.9. The number of carbonyl (C=O) groups is 2. The van der Waals surface area contributed by atoms with Crippen LogP contribution in [0.4, 0.5) is 5.69 Å². The number of sulfonamides is 1. The van der Waals surface area contributed by atoms with Gasteiger partial charge in [-0.2, -0.15) is 0 Å². The Hall–Kier alpha value is -2.88. The molecule has 0 saturated carbocycles. The number of carbonyl (C=O) groups excluding carboxylic acids is 2. The first kappa shape index (κ1) is 33.6. The minimum Gasteiger partial charge on any atom is -0.354 e. The maximum absolute atomic E-state index is 13.9. The largest absolute Gasteiger partial charge is 0.354 e. The summed E-state index contributed by atoms with van der Waals surface area (Å²) in [6, 6.07) is 21.7. The van der Waals surface area contributed by atoms with Gasteiger partial charge in [0.2, 0.25) is 21.8 Å². The first-order chi connectivity index (χ1) is 20.0. The van der Waals surface area contributed by atoms with Gasteiger partial charge < -0.3 is 10.2 Å². The van der Waals surface area contributed by atoms with Gasteiger partial charge in [-0.3, -0.25) is 13.9 Å². The number of benzene rings is 3. The molecule has 226 valence electrons. The fourth-order valence-electron chi connectivity index (χ4n) is 4.74. The third-order valence-corrected chi connectivity index (χ3v) is 9.09. The van der Waals surface area contributed by atoms with Crippen molar-refractivity contribution in [1.82, 2.24) is 10.2 Å². The molecule has 0 unspecified atom stereocenters. The summed E-state index contributed by atoms with van der Waals surface area (Å²) in [5, 5.41) is 3.49. The van der Waals surface area contributed by atoms with E-state index in [0.717, 1.165) is 34.7 Å². The number of nitrogens with one attached hydrogen (secondary N) is 1. The fourth-order valence-corrected chi connectivity index (χ4v) is 6.37. The Morgan fingerprint density at radius 2 is 1.67 bits per heavy atom. The molecule has 0 aromatic heterocycles. The first-order valence-corrected chi connectivity index (χ1v) is 17.1. The van der Waals surface area contributed by atoms with Crippen LogP contribution in [0.25, 0.3) is 0 Å². The van der Waals surface area contributed by atoms with E-state index in [4.69, 9.17) is 11.6 Å². The van der Waals surface area contributed by atoms with Crippen molar-refractivity contribution in [1.29, 1.82) is 0 Å². The van der Waals surface area contributed by atoms with Gasteiger partial charge in [0.1, 0.15) is 6.04 Å². The van der Waals surface area contributed by atoms with Gasteiger partial charge in [0.05, 0.1) is 11.9 Å². The van der Waals surface area contributed by atoms with Gasteiger partial charge in [-0.15, -0.1) is 0 Å².